The predicted octanol–water partition coefficient (Wildman–Crippen LogP) is 1.64. The Bertz CT molecular complexity index is 457. The highest BCUT2D eigenvalue weighted by molar-refractivity contribution is 5.96. The molecule has 0 unspecified atom stereocenters. The minimum absolute atomic E-state index is 0.127. The summed E-state index contributed by atoms with van der Waals surface area (Å²) in [4.78, 5) is 29.8. The third kappa shape index (κ3) is 2.75. The fraction of sp³-hybridized carbons (Fsp3) is 0.500. The van der Waals surface area contributed by atoms with E-state index in [0.29, 0.717) is 5.56 Å². The van der Waals surface area contributed by atoms with Gasteiger partial charge in [-0.3, -0.25) is 9.78 Å². The zero-order valence-corrected chi connectivity index (χ0v) is 11.2. The van der Waals surface area contributed by atoms with Gasteiger partial charge in [-0.2, -0.15) is 0 Å². The molecule has 1 fully saturated rings. The van der Waals surface area contributed by atoms with Gasteiger partial charge in [-0.15, -0.1) is 0 Å². The molecule has 0 aliphatic heterocycles. The Morgan fingerprint density at radius 3 is 2.68 bits per heavy atom. The van der Waals surface area contributed by atoms with Crippen molar-refractivity contribution in [3.05, 3.63) is 30.1 Å². The second-order valence-electron chi connectivity index (χ2n) is 4.74. The van der Waals surface area contributed by atoms with Gasteiger partial charge in [-0.25, -0.2) is 4.79 Å². The fourth-order valence-corrected chi connectivity index (χ4v) is 2.25. The van der Waals surface area contributed by atoms with Gasteiger partial charge < -0.3 is 9.64 Å². The Morgan fingerprint density at radius 1 is 1.47 bits per heavy atom. The molecule has 19 heavy (non-hydrogen) atoms. The number of hydrogen-bond donors (Lipinski definition) is 0. The van der Waals surface area contributed by atoms with Crippen LogP contribution in [0.1, 0.15) is 36.5 Å². The third-order valence-corrected chi connectivity index (χ3v) is 3.57. The maximum Gasteiger partial charge on any atom is 0.328 e. The average Bonchev–Trinajstić information content (AvgIpc) is 2.41. The molecule has 1 aliphatic rings. The summed E-state index contributed by atoms with van der Waals surface area (Å²) in [5.41, 5.74) is 0.505. The smallest absolute Gasteiger partial charge is 0.328 e. The first-order valence-electron chi connectivity index (χ1n) is 6.45. The highest BCUT2D eigenvalue weighted by Gasteiger charge is 2.36. The van der Waals surface area contributed by atoms with Gasteiger partial charge in [0.1, 0.15) is 6.04 Å². The molecule has 5 nitrogen and oxygen atoms in total. The van der Waals surface area contributed by atoms with E-state index in [4.69, 9.17) is 4.74 Å². The summed E-state index contributed by atoms with van der Waals surface area (Å²) in [6.45, 7) is 1.71. The molecule has 1 aromatic rings. The lowest BCUT2D eigenvalue weighted by atomic mass is 9.90. The topological polar surface area (TPSA) is 59.5 Å². The van der Waals surface area contributed by atoms with Crippen LogP contribution in [0.2, 0.25) is 0 Å². The number of nitrogens with zero attached hydrogens (tertiary/aromatic N) is 2. The second-order valence-corrected chi connectivity index (χ2v) is 4.74. The van der Waals surface area contributed by atoms with Crippen LogP contribution in [0.15, 0.2) is 24.5 Å². The first-order chi connectivity index (χ1) is 9.15. The molecule has 1 amide bonds. The molecule has 1 aliphatic carbocycles. The maximum atomic E-state index is 12.5. The normalized spacial score (nSPS) is 16.3. The Labute approximate surface area is 112 Å². The molecule has 0 aromatic carbocycles. The second kappa shape index (κ2) is 5.82. The van der Waals surface area contributed by atoms with Crippen molar-refractivity contribution >= 4 is 11.9 Å². The molecule has 5 heteroatoms. The number of rotatable bonds is 4. The van der Waals surface area contributed by atoms with Gasteiger partial charge in [0.25, 0.3) is 5.91 Å². The zero-order chi connectivity index (χ0) is 13.8. The van der Waals surface area contributed by atoms with Crippen LogP contribution in [0.25, 0.3) is 0 Å². The monoisotopic (exact) mass is 262 g/mol. The summed E-state index contributed by atoms with van der Waals surface area (Å²) in [6.07, 6.45) is 6.11. The van der Waals surface area contributed by atoms with Gasteiger partial charge in [-0.1, -0.05) is 0 Å². The Kier molecular flexibility index (Phi) is 4.14. The summed E-state index contributed by atoms with van der Waals surface area (Å²) >= 11 is 0. The van der Waals surface area contributed by atoms with Crippen LogP contribution in [0, 0.1) is 0 Å². The fourth-order valence-electron chi connectivity index (χ4n) is 2.25. The molecule has 0 bridgehead atoms. The van der Waals surface area contributed by atoms with Gasteiger partial charge in [0, 0.05) is 18.4 Å². The van der Waals surface area contributed by atoms with E-state index in [1.807, 2.05) is 0 Å². The lowest BCUT2D eigenvalue weighted by Crippen LogP contribution is -2.52. The molecule has 0 radical (unpaired) electrons. The number of pyridine rings is 1. The van der Waals surface area contributed by atoms with Crippen LogP contribution in [-0.2, 0) is 9.53 Å². The summed E-state index contributed by atoms with van der Waals surface area (Å²) in [6, 6.07) is 2.99. The van der Waals surface area contributed by atoms with Crippen molar-refractivity contribution in [2.75, 3.05) is 7.11 Å². The molecule has 1 heterocycles. The number of hydrogen-bond acceptors (Lipinski definition) is 4. The Hall–Kier alpha value is -1.91. The van der Waals surface area contributed by atoms with E-state index in [1.165, 1.54) is 13.3 Å². The van der Waals surface area contributed by atoms with E-state index in [2.05, 4.69) is 4.98 Å². The Morgan fingerprint density at radius 2 is 2.21 bits per heavy atom. The number of ether oxygens (including phenoxy) is 1. The van der Waals surface area contributed by atoms with E-state index in [1.54, 1.807) is 30.2 Å². The van der Waals surface area contributed by atoms with Gasteiger partial charge in [0.05, 0.1) is 12.7 Å². The summed E-state index contributed by atoms with van der Waals surface area (Å²) in [5, 5.41) is 0. The quantitative estimate of drug-likeness (QED) is 0.774. The average molecular weight is 262 g/mol. The molecule has 0 spiro atoms. The molecular formula is C14H18N2O3. The summed E-state index contributed by atoms with van der Waals surface area (Å²) in [5.74, 6) is -0.542. The van der Waals surface area contributed by atoms with E-state index >= 15 is 0 Å². The molecular weight excluding hydrogens is 244 g/mol. The highest BCUT2D eigenvalue weighted by Crippen LogP contribution is 2.28. The molecule has 0 N–H and O–H groups in total. The lowest BCUT2D eigenvalue weighted by molar-refractivity contribution is -0.146. The minimum Gasteiger partial charge on any atom is -0.467 e. The van der Waals surface area contributed by atoms with Crippen LogP contribution in [-0.4, -0.2) is 41.0 Å². The van der Waals surface area contributed by atoms with Crippen LogP contribution in [0.5, 0.6) is 0 Å². The first-order valence-corrected chi connectivity index (χ1v) is 6.45. The van der Waals surface area contributed by atoms with Crippen molar-refractivity contribution < 1.29 is 14.3 Å². The first kappa shape index (κ1) is 13.5. The van der Waals surface area contributed by atoms with Crippen LogP contribution >= 0.6 is 0 Å². The van der Waals surface area contributed by atoms with Crippen molar-refractivity contribution in [3.8, 4) is 0 Å². The zero-order valence-electron chi connectivity index (χ0n) is 11.2. The van der Waals surface area contributed by atoms with Crippen molar-refractivity contribution in [1.29, 1.82) is 0 Å². The van der Waals surface area contributed by atoms with Crippen molar-refractivity contribution in [1.82, 2.24) is 9.88 Å². The van der Waals surface area contributed by atoms with Gasteiger partial charge in [0.2, 0.25) is 0 Å². The van der Waals surface area contributed by atoms with Gasteiger partial charge in [0.15, 0.2) is 0 Å². The number of aromatic nitrogens is 1. The SMILES string of the molecule is COC(=O)[C@@H](C)N(C(=O)c1cccnc1)C1CCC1. The van der Waals surface area contributed by atoms with E-state index in [0.717, 1.165) is 19.3 Å². The summed E-state index contributed by atoms with van der Waals surface area (Å²) < 4.78 is 4.75. The molecule has 1 atom stereocenters. The number of carbonyl (C=O) groups is 2. The standard InChI is InChI=1S/C14H18N2O3/c1-10(14(18)19-2)16(12-6-3-7-12)13(17)11-5-4-8-15-9-11/h4-5,8-10,12H,3,6-7H2,1-2H3/t10-/m1/s1. The van der Waals surface area contributed by atoms with Gasteiger partial charge >= 0.3 is 5.97 Å². The maximum absolute atomic E-state index is 12.5. The molecule has 102 valence electrons. The van der Waals surface area contributed by atoms with Gasteiger partial charge in [-0.05, 0) is 38.3 Å². The number of carbonyl (C=O) groups excluding carboxylic acids is 2. The van der Waals surface area contributed by atoms with E-state index < -0.39 is 6.04 Å². The number of esters is 1. The molecule has 2 rings (SSSR count). The Balaban J connectivity index is 2.22. The van der Waals surface area contributed by atoms with E-state index in [-0.39, 0.29) is 17.9 Å². The molecule has 1 aromatic heterocycles. The van der Waals surface area contributed by atoms with Crippen molar-refractivity contribution in [2.45, 2.75) is 38.3 Å². The molecule has 0 saturated heterocycles. The van der Waals surface area contributed by atoms with Crippen molar-refractivity contribution in [2.24, 2.45) is 0 Å². The van der Waals surface area contributed by atoms with E-state index in [9.17, 15) is 9.59 Å². The minimum atomic E-state index is -0.567. The highest BCUT2D eigenvalue weighted by atomic mass is 16.5. The summed E-state index contributed by atoms with van der Waals surface area (Å²) in [7, 11) is 1.34. The lowest BCUT2D eigenvalue weighted by Gasteiger charge is -2.40. The van der Waals surface area contributed by atoms with Crippen LogP contribution < -0.4 is 0 Å². The number of amides is 1. The number of methoxy groups -OCH3 is 1. The van der Waals surface area contributed by atoms with Crippen LogP contribution in [0.3, 0.4) is 0 Å². The molecule has 1 saturated carbocycles. The third-order valence-electron chi connectivity index (χ3n) is 3.57. The largest absolute Gasteiger partial charge is 0.467 e. The van der Waals surface area contributed by atoms with Crippen LogP contribution in [0.4, 0.5) is 0 Å². The van der Waals surface area contributed by atoms with Crippen molar-refractivity contribution in [3.63, 3.8) is 0 Å². The predicted molar refractivity (Wildman–Crippen MR) is 69.5 cm³/mol.